The number of hydrogen-bond acceptors (Lipinski definition) is 4. The van der Waals surface area contributed by atoms with E-state index in [0.717, 1.165) is 31.1 Å². The van der Waals surface area contributed by atoms with Crippen LogP contribution in [0.1, 0.15) is 13.3 Å². The van der Waals surface area contributed by atoms with E-state index in [4.69, 9.17) is 10.5 Å². The topological polar surface area (TPSA) is 51.4 Å². The van der Waals surface area contributed by atoms with Gasteiger partial charge < -0.3 is 15.4 Å². The van der Waals surface area contributed by atoms with Gasteiger partial charge in [-0.25, -0.2) is 4.98 Å². The summed E-state index contributed by atoms with van der Waals surface area (Å²) in [6, 6.07) is 4.04. The van der Waals surface area contributed by atoms with Crippen molar-refractivity contribution in [2.45, 2.75) is 19.4 Å². The third kappa shape index (κ3) is 2.11. The Hall–Kier alpha value is -1.29. The lowest BCUT2D eigenvalue weighted by Gasteiger charge is -2.36. The van der Waals surface area contributed by atoms with Crippen LogP contribution >= 0.6 is 0 Å². The van der Waals surface area contributed by atoms with Crippen LogP contribution in [0.2, 0.25) is 0 Å². The van der Waals surface area contributed by atoms with Crippen molar-refractivity contribution in [3.05, 3.63) is 18.3 Å². The van der Waals surface area contributed by atoms with Crippen LogP contribution < -0.4 is 15.4 Å². The third-order valence-electron chi connectivity index (χ3n) is 3.29. The van der Waals surface area contributed by atoms with Gasteiger partial charge in [0, 0.05) is 25.3 Å². The Morgan fingerprint density at radius 2 is 2.38 bits per heavy atom. The molecule has 2 rings (SSSR count). The van der Waals surface area contributed by atoms with Crippen molar-refractivity contribution in [2.24, 2.45) is 11.7 Å². The lowest BCUT2D eigenvalue weighted by Crippen LogP contribution is -2.48. The highest BCUT2D eigenvalue weighted by atomic mass is 16.5. The number of nitrogens with zero attached hydrogens (tertiary/aromatic N) is 2. The van der Waals surface area contributed by atoms with Crippen molar-refractivity contribution in [3.63, 3.8) is 0 Å². The minimum absolute atomic E-state index is 0.223. The Morgan fingerprint density at radius 3 is 3.06 bits per heavy atom. The molecule has 4 heteroatoms. The molecule has 1 aliphatic heterocycles. The Kier molecular flexibility index (Phi) is 3.29. The second-order valence-electron chi connectivity index (χ2n) is 4.41. The van der Waals surface area contributed by atoms with Crippen molar-refractivity contribution < 1.29 is 4.74 Å². The van der Waals surface area contributed by atoms with Crippen molar-refractivity contribution in [3.8, 4) is 5.75 Å². The first kappa shape index (κ1) is 11.2. The predicted octanol–water partition coefficient (Wildman–Crippen LogP) is 1.26. The van der Waals surface area contributed by atoms with E-state index in [0.29, 0.717) is 5.92 Å². The molecule has 1 aromatic heterocycles. The van der Waals surface area contributed by atoms with Crippen molar-refractivity contribution in [2.75, 3.05) is 25.1 Å². The van der Waals surface area contributed by atoms with Gasteiger partial charge in [0.15, 0.2) is 11.6 Å². The molecular formula is C12H19N3O. The van der Waals surface area contributed by atoms with Crippen molar-refractivity contribution in [1.82, 2.24) is 4.98 Å². The van der Waals surface area contributed by atoms with E-state index in [2.05, 4.69) is 16.8 Å². The fourth-order valence-corrected chi connectivity index (χ4v) is 2.07. The van der Waals surface area contributed by atoms with Crippen LogP contribution in [-0.2, 0) is 0 Å². The Labute approximate surface area is 96.4 Å². The maximum Gasteiger partial charge on any atom is 0.171 e. The number of nitrogens with two attached hydrogens (primary N) is 1. The fraction of sp³-hybridized carbons (Fsp3) is 0.583. The highest BCUT2D eigenvalue weighted by Crippen LogP contribution is 2.28. The van der Waals surface area contributed by atoms with Crippen LogP contribution in [0.15, 0.2) is 18.3 Å². The van der Waals surface area contributed by atoms with Crippen molar-refractivity contribution >= 4 is 5.82 Å². The smallest absolute Gasteiger partial charge is 0.171 e. The molecule has 2 N–H and O–H groups in total. The van der Waals surface area contributed by atoms with E-state index in [1.165, 1.54) is 0 Å². The number of rotatable bonds is 2. The number of anilines is 1. The Bertz CT molecular complexity index is 356. The molecule has 1 saturated heterocycles. The summed E-state index contributed by atoms with van der Waals surface area (Å²) < 4.78 is 5.32. The van der Waals surface area contributed by atoms with E-state index in [1.54, 1.807) is 13.3 Å². The van der Waals surface area contributed by atoms with Crippen LogP contribution in [0.4, 0.5) is 5.82 Å². The van der Waals surface area contributed by atoms with E-state index < -0.39 is 0 Å². The molecule has 88 valence electrons. The van der Waals surface area contributed by atoms with E-state index in [-0.39, 0.29) is 6.04 Å². The van der Waals surface area contributed by atoms with Gasteiger partial charge in [-0.15, -0.1) is 0 Å². The van der Waals surface area contributed by atoms with Gasteiger partial charge in [0.1, 0.15) is 0 Å². The number of hydrogen-bond donors (Lipinski definition) is 1. The molecule has 1 fully saturated rings. The summed E-state index contributed by atoms with van der Waals surface area (Å²) in [5.74, 6) is 2.32. The zero-order chi connectivity index (χ0) is 11.5. The summed E-state index contributed by atoms with van der Waals surface area (Å²) in [4.78, 5) is 6.59. The highest BCUT2D eigenvalue weighted by Gasteiger charge is 2.25. The first-order chi connectivity index (χ1) is 7.72. The molecule has 4 nitrogen and oxygen atoms in total. The molecule has 2 unspecified atom stereocenters. The number of piperidine rings is 1. The van der Waals surface area contributed by atoms with E-state index in [1.807, 2.05) is 12.1 Å². The Morgan fingerprint density at radius 1 is 1.56 bits per heavy atom. The molecule has 0 aliphatic carbocycles. The second kappa shape index (κ2) is 4.70. The maximum atomic E-state index is 6.09. The lowest BCUT2D eigenvalue weighted by atomic mass is 9.94. The lowest BCUT2D eigenvalue weighted by molar-refractivity contribution is 0.369. The second-order valence-corrected chi connectivity index (χ2v) is 4.41. The SMILES string of the molecule is COc1cccnc1N1CCC(C)C(N)C1. The average Bonchev–Trinajstić information content (AvgIpc) is 2.32. The molecule has 2 heterocycles. The van der Waals surface area contributed by atoms with E-state index in [9.17, 15) is 0 Å². The minimum atomic E-state index is 0.223. The number of methoxy groups -OCH3 is 1. The standard InChI is InChI=1S/C12H19N3O/c1-9-5-7-15(8-10(9)13)12-11(16-2)4-3-6-14-12/h3-4,6,9-10H,5,7-8,13H2,1-2H3. The number of aromatic nitrogens is 1. The largest absolute Gasteiger partial charge is 0.493 e. The van der Waals surface area contributed by atoms with Gasteiger partial charge >= 0.3 is 0 Å². The van der Waals surface area contributed by atoms with Gasteiger partial charge in [0.25, 0.3) is 0 Å². The average molecular weight is 221 g/mol. The monoisotopic (exact) mass is 221 g/mol. The van der Waals surface area contributed by atoms with Crippen LogP contribution in [0.25, 0.3) is 0 Å². The zero-order valence-electron chi connectivity index (χ0n) is 9.89. The number of pyridine rings is 1. The Balaban J connectivity index is 2.18. The molecule has 1 aromatic rings. The third-order valence-corrected chi connectivity index (χ3v) is 3.29. The minimum Gasteiger partial charge on any atom is -0.493 e. The first-order valence-electron chi connectivity index (χ1n) is 5.72. The zero-order valence-corrected chi connectivity index (χ0v) is 9.89. The normalized spacial score (nSPS) is 25.6. The van der Waals surface area contributed by atoms with Gasteiger partial charge in [0.2, 0.25) is 0 Å². The van der Waals surface area contributed by atoms with Gasteiger partial charge in [-0.05, 0) is 24.5 Å². The molecule has 0 aromatic carbocycles. The van der Waals surface area contributed by atoms with Gasteiger partial charge in [-0.2, -0.15) is 0 Å². The summed E-state index contributed by atoms with van der Waals surface area (Å²) in [5.41, 5.74) is 6.09. The number of ether oxygens (including phenoxy) is 1. The highest BCUT2D eigenvalue weighted by molar-refractivity contribution is 5.52. The first-order valence-corrected chi connectivity index (χ1v) is 5.72. The molecule has 16 heavy (non-hydrogen) atoms. The molecule has 0 radical (unpaired) electrons. The fourth-order valence-electron chi connectivity index (χ4n) is 2.07. The summed E-state index contributed by atoms with van der Waals surface area (Å²) in [7, 11) is 1.67. The van der Waals surface area contributed by atoms with Crippen LogP contribution in [0.5, 0.6) is 5.75 Å². The maximum absolute atomic E-state index is 6.09. The predicted molar refractivity (Wildman–Crippen MR) is 64.8 cm³/mol. The van der Waals surface area contributed by atoms with Gasteiger partial charge in [0.05, 0.1) is 7.11 Å². The summed E-state index contributed by atoms with van der Waals surface area (Å²) in [5, 5.41) is 0. The molecule has 0 bridgehead atoms. The molecule has 2 atom stereocenters. The molecular weight excluding hydrogens is 202 g/mol. The van der Waals surface area contributed by atoms with Crippen LogP contribution in [-0.4, -0.2) is 31.2 Å². The summed E-state index contributed by atoms with van der Waals surface area (Å²) >= 11 is 0. The molecule has 0 amide bonds. The van der Waals surface area contributed by atoms with Gasteiger partial charge in [-0.3, -0.25) is 0 Å². The van der Waals surface area contributed by atoms with Gasteiger partial charge in [-0.1, -0.05) is 6.92 Å². The van der Waals surface area contributed by atoms with Crippen molar-refractivity contribution in [1.29, 1.82) is 0 Å². The quantitative estimate of drug-likeness (QED) is 0.817. The molecule has 0 saturated carbocycles. The summed E-state index contributed by atoms with van der Waals surface area (Å²) in [6.07, 6.45) is 2.91. The van der Waals surface area contributed by atoms with Crippen LogP contribution in [0, 0.1) is 5.92 Å². The molecule has 1 aliphatic rings. The molecule has 0 spiro atoms. The van der Waals surface area contributed by atoms with E-state index >= 15 is 0 Å². The summed E-state index contributed by atoms with van der Waals surface area (Å²) in [6.45, 7) is 4.06. The van der Waals surface area contributed by atoms with Crippen LogP contribution in [0.3, 0.4) is 0 Å².